The van der Waals surface area contributed by atoms with Crippen molar-refractivity contribution in [2.24, 2.45) is 0 Å². The highest BCUT2D eigenvalue weighted by Gasteiger charge is 2.50. The van der Waals surface area contributed by atoms with Gasteiger partial charge in [-0.3, -0.25) is 14.4 Å². The van der Waals surface area contributed by atoms with Crippen molar-refractivity contribution in [3.8, 4) is 17.2 Å². The fourth-order valence-corrected chi connectivity index (χ4v) is 7.24. The Labute approximate surface area is 271 Å². The molecular weight excluding hydrogens is 614 g/mol. The SMILES string of the molecule is COc1cccc2c1C(=O)c1c(O)c3c(c(O)c1C2=O)C[C@@](O)(C(C)=O)C[C@@H]3O[C@H]1C[C@@H]2NC[C@H](C)OC(C[C@H](C)O)O[C@@H]2[C@H](C)O1. The number of phenols is 2. The molecule has 0 radical (unpaired) electrons. The Morgan fingerprint density at radius 1 is 1.09 bits per heavy atom. The molecule has 254 valence electrons. The van der Waals surface area contributed by atoms with Gasteiger partial charge in [-0.25, -0.2) is 0 Å². The molecule has 13 nitrogen and oxygen atoms in total. The molecule has 2 aromatic rings. The monoisotopic (exact) mass is 655 g/mol. The maximum atomic E-state index is 13.9. The number of phenolic OH excluding ortho intramolecular Hbond substituents is 2. The fourth-order valence-electron chi connectivity index (χ4n) is 7.24. The van der Waals surface area contributed by atoms with Gasteiger partial charge in [0.1, 0.15) is 29.0 Å². The number of benzene rings is 2. The lowest BCUT2D eigenvalue weighted by Gasteiger charge is -2.46. The van der Waals surface area contributed by atoms with Crippen molar-refractivity contribution in [2.75, 3.05) is 13.7 Å². The highest BCUT2D eigenvalue weighted by atomic mass is 16.7. The Morgan fingerprint density at radius 3 is 2.49 bits per heavy atom. The van der Waals surface area contributed by atoms with E-state index in [0.29, 0.717) is 6.54 Å². The largest absolute Gasteiger partial charge is 0.507 e. The molecule has 5 N–H and O–H groups in total. The third kappa shape index (κ3) is 5.84. The van der Waals surface area contributed by atoms with Crippen molar-refractivity contribution < 1.29 is 58.5 Å². The number of fused-ring (bicyclic) bond motifs is 4. The summed E-state index contributed by atoms with van der Waals surface area (Å²) in [6.45, 7) is 7.04. The van der Waals surface area contributed by atoms with E-state index in [1.54, 1.807) is 13.8 Å². The van der Waals surface area contributed by atoms with Gasteiger partial charge in [-0.1, -0.05) is 12.1 Å². The molecule has 0 spiro atoms. The van der Waals surface area contributed by atoms with Crippen LogP contribution in [0, 0.1) is 0 Å². The van der Waals surface area contributed by atoms with Crippen LogP contribution < -0.4 is 10.1 Å². The molecule has 2 fully saturated rings. The second-order valence-electron chi connectivity index (χ2n) is 13.1. The molecular formula is C34H41NO12. The third-order valence-electron chi connectivity index (χ3n) is 9.61. The molecule has 47 heavy (non-hydrogen) atoms. The molecule has 4 aliphatic rings. The quantitative estimate of drug-likeness (QED) is 0.243. The Bertz CT molecular complexity index is 1610. The minimum absolute atomic E-state index is 0.00838. The van der Waals surface area contributed by atoms with Crippen LogP contribution in [0.4, 0.5) is 0 Å². The first-order valence-corrected chi connectivity index (χ1v) is 15.9. The predicted octanol–water partition coefficient (Wildman–Crippen LogP) is 2.20. The van der Waals surface area contributed by atoms with Crippen LogP contribution in [0.5, 0.6) is 17.2 Å². The molecule has 2 heterocycles. The van der Waals surface area contributed by atoms with E-state index in [2.05, 4.69) is 5.32 Å². The lowest BCUT2D eigenvalue weighted by Crippen LogP contribution is -2.59. The minimum Gasteiger partial charge on any atom is -0.507 e. The van der Waals surface area contributed by atoms with Gasteiger partial charge >= 0.3 is 0 Å². The van der Waals surface area contributed by atoms with Gasteiger partial charge in [0.25, 0.3) is 0 Å². The zero-order chi connectivity index (χ0) is 33.9. The number of hydrogen-bond donors (Lipinski definition) is 5. The normalized spacial score (nSPS) is 32.6. The molecule has 0 saturated carbocycles. The number of nitrogens with one attached hydrogen (secondary N) is 1. The second-order valence-corrected chi connectivity index (χ2v) is 13.1. The van der Waals surface area contributed by atoms with E-state index < -0.39 is 89.0 Å². The van der Waals surface area contributed by atoms with Crippen LogP contribution in [0.2, 0.25) is 0 Å². The lowest BCUT2D eigenvalue weighted by atomic mass is 9.72. The predicted molar refractivity (Wildman–Crippen MR) is 164 cm³/mol. The van der Waals surface area contributed by atoms with Gasteiger partial charge in [-0.2, -0.15) is 0 Å². The van der Waals surface area contributed by atoms with Gasteiger partial charge in [0.05, 0.1) is 48.2 Å². The Hall–Kier alpha value is -3.43. The summed E-state index contributed by atoms with van der Waals surface area (Å²) in [5.74, 6) is -3.10. The molecule has 0 bridgehead atoms. The van der Waals surface area contributed by atoms with E-state index in [9.17, 15) is 34.8 Å². The summed E-state index contributed by atoms with van der Waals surface area (Å²) in [5.41, 5.74) is -2.96. The topological polar surface area (TPSA) is 190 Å². The molecule has 6 rings (SSSR count). The molecule has 2 aliphatic heterocycles. The summed E-state index contributed by atoms with van der Waals surface area (Å²) in [6, 6.07) is 4.20. The first-order chi connectivity index (χ1) is 22.2. The number of aliphatic hydroxyl groups excluding tert-OH is 1. The molecule has 2 saturated heterocycles. The highest BCUT2D eigenvalue weighted by Crippen LogP contribution is 2.52. The highest BCUT2D eigenvalue weighted by molar-refractivity contribution is 6.31. The average molecular weight is 656 g/mol. The third-order valence-corrected chi connectivity index (χ3v) is 9.61. The maximum Gasteiger partial charge on any atom is 0.202 e. The summed E-state index contributed by atoms with van der Waals surface area (Å²) < 4.78 is 30.2. The standard InChI is InChI=1S/C34H41NO12/c1-14(36)9-23-44-15(2)13-35-20-10-24(45-16(3)33(20)47-23)46-22-12-34(42,17(4)37)11-19-26(22)32(41)28-27(30(19)39)29(38)18-7-6-8-21(43-5)25(18)31(28)40/h6-8,14-16,20,22-24,33,35-36,39,41-42H,9-13H2,1-5H3/t14-,15-,16-,20-,22-,23?,24-,33+,34-/m0/s1. The zero-order valence-electron chi connectivity index (χ0n) is 26.9. The Kier molecular flexibility index (Phi) is 8.94. The molecule has 0 amide bonds. The number of Topliss-reactive ketones (excluding diaryl/α,β-unsaturated/α-hetero) is 1. The van der Waals surface area contributed by atoms with E-state index in [1.165, 1.54) is 32.2 Å². The number of aromatic hydroxyl groups is 2. The van der Waals surface area contributed by atoms with Crippen molar-refractivity contribution in [1.29, 1.82) is 0 Å². The summed E-state index contributed by atoms with van der Waals surface area (Å²) in [5, 5.41) is 48.2. The number of ketones is 3. The van der Waals surface area contributed by atoms with Crippen molar-refractivity contribution in [1.82, 2.24) is 5.32 Å². The van der Waals surface area contributed by atoms with E-state index in [4.69, 9.17) is 23.7 Å². The van der Waals surface area contributed by atoms with Crippen molar-refractivity contribution in [3.63, 3.8) is 0 Å². The molecule has 1 unspecified atom stereocenters. The van der Waals surface area contributed by atoms with Gasteiger partial charge in [0.15, 0.2) is 24.1 Å². The zero-order valence-corrected chi connectivity index (χ0v) is 26.9. The summed E-state index contributed by atoms with van der Waals surface area (Å²) in [7, 11) is 1.35. The van der Waals surface area contributed by atoms with Crippen LogP contribution in [-0.4, -0.2) is 100 Å². The molecule has 0 aromatic heterocycles. The van der Waals surface area contributed by atoms with Crippen molar-refractivity contribution >= 4 is 17.3 Å². The van der Waals surface area contributed by atoms with E-state index in [1.807, 2.05) is 6.92 Å². The number of carbonyl (C=O) groups is 3. The lowest BCUT2D eigenvalue weighted by molar-refractivity contribution is -0.293. The molecule has 2 aliphatic carbocycles. The van der Waals surface area contributed by atoms with Gasteiger partial charge < -0.3 is 49.4 Å². The molecule has 2 aromatic carbocycles. The average Bonchev–Trinajstić information content (AvgIpc) is 3.00. The van der Waals surface area contributed by atoms with Crippen molar-refractivity contribution in [2.45, 2.75) is 108 Å². The van der Waals surface area contributed by atoms with Gasteiger partial charge in [0.2, 0.25) is 5.78 Å². The van der Waals surface area contributed by atoms with Crippen LogP contribution in [-0.2, 0) is 30.2 Å². The second kappa shape index (κ2) is 12.5. The first kappa shape index (κ1) is 33.5. The van der Waals surface area contributed by atoms with Gasteiger partial charge in [0, 0.05) is 55.0 Å². The van der Waals surface area contributed by atoms with Crippen LogP contribution >= 0.6 is 0 Å². The number of ether oxygens (including phenoxy) is 5. The molecule has 13 heteroatoms. The number of methoxy groups -OCH3 is 1. The van der Waals surface area contributed by atoms with Crippen molar-refractivity contribution in [3.05, 3.63) is 51.6 Å². The number of hydrogen-bond acceptors (Lipinski definition) is 13. The van der Waals surface area contributed by atoms with E-state index in [-0.39, 0.29) is 59.4 Å². The maximum absolute atomic E-state index is 13.9. The fraction of sp³-hybridized carbons (Fsp3) is 0.559. The Balaban J connectivity index is 1.38. The summed E-state index contributed by atoms with van der Waals surface area (Å²) >= 11 is 0. The minimum atomic E-state index is -2.01. The van der Waals surface area contributed by atoms with Gasteiger partial charge in [-0.15, -0.1) is 0 Å². The number of aliphatic hydroxyl groups is 2. The van der Waals surface area contributed by atoms with Crippen LogP contribution in [0.25, 0.3) is 0 Å². The van der Waals surface area contributed by atoms with Crippen LogP contribution in [0.15, 0.2) is 18.2 Å². The first-order valence-electron chi connectivity index (χ1n) is 15.9. The summed E-state index contributed by atoms with van der Waals surface area (Å²) in [4.78, 5) is 40.4. The smallest absolute Gasteiger partial charge is 0.202 e. The van der Waals surface area contributed by atoms with E-state index in [0.717, 1.165) is 0 Å². The number of carbonyl (C=O) groups excluding carboxylic acids is 3. The number of rotatable bonds is 6. The van der Waals surface area contributed by atoms with E-state index >= 15 is 0 Å². The van der Waals surface area contributed by atoms with Crippen LogP contribution in [0.1, 0.15) is 96.0 Å². The Morgan fingerprint density at radius 2 is 1.81 bits per heavy atom. The van der Waals surface area contributed by atoms with Gasteiger partial charge in [-0.05, 0) is 33.8 Å². The molecule has 9 atom stereocenters. The summed E-state index contributed by atoms with van der Waals surface area (Å²) in [6.07, 6.45) is -4.89. The van der Waals surface area contributed by atoms with Crippen LogP contribution in [0.3, 0.4) is 0 Å².